The molecule has 0 aliphatic carbocycles. The maximum Gasteiger partial charge on any atom is 0.339 e. The molecule has 9 heteroatoms. The molecule has 4 rings (SSSR count). The number of nitrogens with one attached hydrogen (secondary N) is 1. The number of aromatic nitrogens is 2. The first-order chi connectivity index (χ1) is 15.5. The second-order valence-corrected chi connectivity index (χ2v) is 7.95. The number of carbonyl (C=O) groups is 2. The Bertz CT molecular complexity index is 1230. The minimum Gasteiger partial charge on any atom is -0.497 e. The van der Waals surface area contributed by atoms with E-state index in [0.29, 0.717) is 29.7 Å². The van der Waals surface area contributed by atoms with Crippen molar-refractivity contribution in [3.05, 3.63) is 64.7 Å². The smallest absolute Gasteiger partial charge is 0.339 e. The number of benzene rings is 1. The van der Waals surface area contributed by atoms with E-state index >= 15 is 0 Å². The average molecular weight is 452 g/mol. The molecule has 0 unspecified atom stereocenters. The van der Waals surface area contributed by atoms with Crippen LogP contribution in [0.25, 0.3) is 21.7 Å². The Balaban J connectivity index is 1.38. The van der Waals surface area contributed by atoms with Gasteiger partial charge in [0.05, 0.1) is 34.3 Å². The van der Waals surface area contributed by atoms with E-state index in [-0.39, 0.29) is 23.8 Å². The van der Waals surface area contributed by atoms with Crippen LogP contribution < -0.4 is 10.1 Å². The molecule has 0 fully saturated rings. The van der Waals surface area contributed by atoms with E-state index in [1.165, 1.54) is 11.3 Å². The van der Waals surface area contributed by atoms with Gasteiger partial charge in [0.1, 0.15) is 5.75 Å². The number of ether oxygens (including phenoxy) is 2. The zero-order valence-electron chi connectivity index (χ0n) is 17.6. The third kappa shape index (κ3) is 4.78. The Labute approximate surface area is 188 Å². The molecule has 32 heavy (non-hydrogen) atoms. The summed E-state index contributed by atoms with van der Waals surface area (Å²) in [7, 11) is 1.61. The summed E-state index contributed by atoms with van der Waals surface area (Å²) in [5.74, 6) is -0.232. The SMILES string of the molecule is COc1ccc(CCNC(=O)COC(=O)c2cc(-c3cccs3)nc3onc(C)c23)cc1. The number of hydrogen-bond donors (Lipinski definition) is 1. The molecule has 0 aliphatic rings. The predicted octanol–water partition coefficient (Wildman–Crippen LogP) is 3.78. The molecule has 0 atom stereocenters. The van der Waals surface area contributed by atoms with E-state index in [0.717, 1.165) is 16.2 Å². The number of methoxy groups -OCH3 is 1. The molecule has 164 valence electrons. The van der Waals surface area contributed by atoms with Crippen molar-refractivity contribution in [2.45, 2.75) is 13.3 Å². The van der Waals surface area contributed by atoms with Gasteiger partial charge in [-0.1, -0.05) is 23.4 Å². The zero-order valence-corrected chi connectivity index (χ0v) is 18.4. The summed E-state index contributed by atoms with van der Waals surface area (Å²) in [6.07, 6.45) is 0.652. The highest BCUT2D eigenvalue weighted by molar-refractivity contribution is 7.13. The minimum atomic E-state index is -0.633. The molecule has 4 aromatic rings. The third-order valence-electron chi connectivity index (χ3n) is 4.84. The number of nitrogens with zero attached hydrogens (tertiary/aromatic N) is 2. The first kappa shape index (κ1) is 21.5. The van der Waals surface area contributed by atoms with E-state index in [1.54, 1.807) is 20.1 Å². The van der Waals surface area contributed by atoms with Crippen molar-refractivity contribution < 1.29 is 23.6 Å². The molecular weight excluding hydrogens is 430 g/mol. The second kappa shape index (κ2) is 9.61. The highest BCUT2D eigenvalue weighted by Gasteiger charge is 2.21. The van der Waals surface area contributed by atoms with Crippen LogP contribution in [0.15, 0.2) is 52.4 Å². The van der Waals surface area contributed by atoms with E-state index in [9.17, 15) is 9.59 Å². The lowest BCUT2D eigenvalue weighted by atomic mass is 10.1. The topological polar surface area (TPSA) is 104 Å². The Morgan fingerprint density at radius 1 is 1.19 bits per heavy atom. The fraction of sp³-hybridized carbons (Fsp3) is 0.217. The van der Waals surface area contributed by atoms with Crippen LogP contribution >= 0.6 is 11.3 Å². The number of fused-ring (bicyclic) bond motifs is 1. The fourth-order valence-electron chi connectivity index (χ4n) is 3.20. The van der Waals surface area contributed by atoms with Crippen molar-refractivity contribution in [2.75, 3.05) is 20.3 Å². The Kier molecular flexibility index (Phi) is 6.46. The summed E-state index contributed by atoms with van der Waals surface area (Å²) in [5, 5.41) is 9.06. The minimum absolute atomic E-state index is 0.254. The van der Waals surface area contributed by atoms with Crippen molar-refractivity contribution in [1.82, 2.24) is 15.5 Å². The number of hydrogen-bond acceptors (Lipinski definition) is 8. The van der Waals surface area contributed by atoms with Crippen molar-refractivity contribution in [1.29, 1.82) is 0 Å². The average Bonchev–Trinajstić information content (AvgIpc) is 3.48. The molecule has 3 heterocycles. The summed E-state index contributed by atoms with van der Waals surface area (Å²) in [4.78, 5) is 30.3. The van der Waals surface area contributed by atoms with Gasteiger partial charge in [-0.3, -0.25) is 4.79 Å². The van der Waals surface area contributed by atoms with E-state index < -0.39 is 5.97 Å². The quantitative estimate of drug-likeness (QED) is 0.407. The van der Waals surface area contributed by atoms with Gasteiger partial charge in [-0.2, -0.15) is 0 Å². The number of rotatable bonds is 8. The number of amides is 1. The number of aryl methyl sites for hydroxylation is 1. The number of esters is 1. The zero-order chi connectivity index (χ0) is 22.5. The van der Waals surface area contributed by atoms with Crippen LogP contribution in [-0.2, 0) is 16.0 Å². The van der Waals surface area contributed by atoms with Crippen molar-refractivity contribution >= 4 is 34.3 Å². The molecule has 1 aromatic carbocycles. The standard InChI is InChI=1S/C23H21N3O5S/c1-14-21-17(12-18(19-4-3-11-32-19)25-22(21)31-26-14)23(28)30-13-20(27)24-10-9-15-5-7-16(29-2)8-6-15/h3-8,11-12H,9-10,13H2,1-2H3,(H,24,27). The summed E-state index contributed by atoms with van der Waals surface area (Å²) >= 11 is 1.49. The first-order valence-electron chi connectivity index (χ1n) is 9.93. The first-order valence-corrected chi connectivity index (χ1v) is 10.8. The highest BCUT2D eigenvalue weighted by atomic mass is 32.1. The highest BCUT2D eigenvalue weighted by Crippen LogP contribution is 2.29. The Morgan fingerprint density at radius 3 is 2.72 bits per heavy atom. The summed E-state index contributed by atoms with van der Waals surface area (Å²) in [5.41, 5.74) is 2.69. The molecule has 0 bridgehead atoms. The van der Waals surface area contributed by atoms with Gasteiger partial charge in [0.2, 0.25) is 0 Å². The maximum atomic E-state index is 12.8. The molecule has 8 nitrogen and oxygen atoms in total. The molecule has 1 N–H and O–H groups in total. The van der Waals surface area contributed by atoms with E-state index in [4.69, 9.17) is 14.0 Å². The van der Waals surface area contributed by atoms with Crippen molar-refractivity contribution in [2.24, 2.45) is 0 Å². The van der Waals surface area contributed by atoms with Gasteiger partial charge in [-0.05, 0) is 48.6 Å². The van der Waals surface area contributed by atoms with Crippen LogP contribution in [0.5, 0.6) is 5.75 Å². The summed E-state index contributed by atoms with van der Waals surface area (Å²) in [6, 6.07) is 13.0. The predicted molar refractivity (Wildman–Crippen MR) is 120 cm³/mol. The van der Waals surface area contributed by atoms with Crippen LogP contribution in [0, 0.1) is 6.92 Å². The van der Waals surface area contributed by atoms with Crippen molar-refractivity contribution in [3.63, 3.8) is 0 Å². The number of thiophene rings is 1. The molecule has 0 spiro atoms. The largest absolute Gasteiger partial charge is 0.497 e. The van der Waals surface area contributed by atoms with Gasteiger partial charge in [0.15, 0.2) is 6.61 Å². The van der Waals surface area contributed by atoms with Gasteiger partial charge in [-0.25, -0.2) is 9.78 Å². The Morgan fingerprint density at radius 2 is 2.00 bits per heavy atom. The van der Waals surface area contributed by atoms with Crippen LogP contribution in [-0.4, -0.2) is 42.3 Å². The van der Waals surface area contributed by atoms with Gasteiger partial charge >= 0.3 is 5.97 Å². The lowest BCUT2D eigenvalue weighted by Gasteiger charge is -2.08. The van der Waals surface area contributed by atoms with Crippen LogP contribution in [0.1, 0.15) is 21.6 Å². The molecule has 0 saturated carbocycles. The molecule has 3 aromatic heterocycles. The Hall–Kier alpha value is -3.72. The molecule has 1 amide bonds. The van der Waals surface area contributed by atoms with Gasteiger partial charge < -0.3 is 19.3 Å². The van der Waals surface area contributed by atoms with Crippen LogP contribution in [0.4, 0.5) is 0 Å². The number of carbonyl (C=O) groups excluding carboxylic acids is 2. The van der Waals surface area contributed by atoms with E-state index in [2.05, 4.69) is 15.5 Å². The lowest BCUT2D eigenvalue weighted by Crippen LogP contribution is -2.30. The third-order valence-corrected chi connectivity index (χ3v) is 5.73. The molecule has 0 radical (unpaired) electrons. The molecule has 0 aliphatic heterocycles. The summed E-state index contributed by atoms with van der Waals surface area (Å²) < 4.78 is 15.7. The second-order valence-electron chi connectivity index (χ2n) is 7.00. The number of pyridine rings is 1. The molecular formula is C23H21N3O5S. The summed E-state index contributed by atoms with van der Waals surface area (Å²) in [6.45, 7) is 1.76. The monoisotopic (exact) mass is 451 g/mol. The molecule has 0 saturated heterocycles. The van der Waals surface area contributed by atoms with Crippen LogP contribution in [0.3, 0.4) is 0 Å². The van der Waals surface area contributed by atoms with Crippen molar-refractivity contribution in [3.8, 4) is 16.3 Å². The lowest BCUT2D eigenvalue weighted by molar-refractivity contribution is -0.124. The van der Waals surface area contributed by atoms with Gasteiger partial charge in [-0.15, -0.1) is 11.3 Å². The fourth-order valence-corrected chi connectivity index (χ4v) is 3.89. The van der Waals surface area contributed by atoms with Crippen LogP contribution in [0.2, 0.25) is 0 Å². The maximum absolute atomic E-state index is 12.8. The van der Waals surface area contributed by atoms with E-state index in [1.807, 2.05) is 41.8 Å². The van der Waals surface area contributed by atoms with Gasteiger partial charge in [0, 0.05) is 6.54 Å². The normalized spacial score (nSPS) is 10.8. The van der Waals surface area contributed by atoms with Gasteiger partial charge in [0.25, 0.3) is 11.6 Å².